The van der Waals surface area contributed by atoms with Crippen LogP contribution in [-0.2, 0) is 19.1 Å². The summed E-state index contributed by atoms with van der Waals surface area (Å²) in [6.45, 7) is 4.17. The second-order valence-corrected chi connectivity index (χ2v) is 3.11. The molecule has 0 radical (unpaired) electrons. The van der Waals surface area contributed by atoms with E-state index in [2.05, 4.69) is 9.47 Å². The van der Waals surface area contributed by atoms with Gasteiger partial charge >= 0.3 is 11.9 Å². The Kier molecular flexibility index (Phi) is 6.38. The molecule has 0 atom stereocenters. The highest BCUT2D eigenvalue weighted by molar-refractivity contribution is 6.02. The maximum atomic E-state index is 13.0. The monoisotopic (exact) mass is 250 g/mol. The van der Waals surface area contributed by atoms with Gasteiger partial charge in [0.15, 0.2) is 0 Å². The van der Waals surface area contributed by atoms with Gasteiger partial charge in [-0.15, -0.1) is 0 Å². The predicted molar refractivity (Wildman–Crippen MR) is 56.5 cm³/mol. The summed E-state index contributed by atoms with van der Waals surface area (Å²) in [4.78, 5) is 23.1. The number of allylic oxidation sites excluding steroid dienone is 1. The highest BCUT2D eigenvalue weighted by atomic mass is 19.3. The lowest BCUT2D eigenvalue weighted by molar-refractivity contribution is -0.178. The molecule has 0 spiro atoms. The lowest BCUT2D eigenvalue weighted by atomic mass is 9.88. The second-order valence-electron chi connectivity index (χ2n) is 3.11. The smallest absolute Gasteiger partial charge is 0.333 e. The Morgan fingerprint density at radius 3 is 1.82 bits per heavy atom. The van der Waals surface area contributed by atoms with Gasteiger partial charge < -0.3 is 9.47 Å². The van der Waals surface area contributed by atoms with Crippen LogP contribution in [-0.4, -0.2) is 31.6 Å². The molecule has 17 heavy (non-hydrogen) atoms. The summed E-state index contributed by atoms with van der Waals surface area (Å²) in [7, 11) is 0. The molecule has 0 aliphatic rings. The molecule has 6 heteroatoms. The molecular formula is C11H16F2O4. The third-order valence-electron chi connectivity index (χ3n) is 2.00. The summed E-state index contributed by atoms with van der Waals surface area (Å²) >= 11 is 0. The van der Waals surface area contributed by atoms with E-state index in [4.69, 9.17) is 0 Å². The van der Waals surface area contributed by atoms with Crippen LogP contribution in [0.15, 0.2) is 12.2 Å². The number of alkyl halides is 2. The van der Waals surface area contributed by atoms with Crippen molar-refractivity contribution in [3.63, 3.8) is 0 Å². The zero-order valence-corrected chi connectivity index (χ0v) is 10.0. The molecule has 0 N–H and O–H groups in total. The summed E-state index contributed by atoms with van der Waals surface area (Å²) in [5.74, 6) is -2.60. The van der Waals surface area contributed by atoms with Gasteiger partial charge in [-0.25, -0.2) is 8.78 Å². The van der Waals surface area contributed by atoms with Crippen molar-refractivity contribution in [1.29, 1.82) is 0 Å². The maximum absolute atomic E-state index is 13.0. The number of carbonyl (C=O) groups excluding carboxylic acids is 2. The number of ether oxygens (including phenoxy) is 2. The molecule has 0 aliphatic carbocycles. The first kappa shape index (κ1) is 15.5. The average molecular weight is 250 g/mol. The highest BCUT2D eigenvalue weighted by Gasteiger charge is 2.55. The number of halogens is 2. The average Bonchev–Trinajstić information content (AvgIpc) is 2.25. The van der Waals surface area contributed by atoms with Crippen molar-refractivity contribution in [2.24, 2.45) is 5.41 Å². The SMILES string of the molecule is C/C=C/C(C(=O)OCC)(C(=O)OCC)C(F)F. The first-order valence-corrected chi connectivity index (χ1v) is 5.23. The normalized spacial score (nSPS) is 11.9. The van der Waals surface area contributed by atoms with Gasteiger partial charge in [-0.2, -0.15) is 0 Å². The van der Waals surface area contributed by atoms with Crippen molar-refractivity contribution in [3.05, 3.63) is 12.2 Å². The lowest BCUT2D eigenvalue weighted by Crippen LogP contribution is -2.46. The summed E-state index contributed by atoms with van der Waals surface area (Å²) < 4.78 is 35.1. The fourth-order valence-electron chi connectivity index (χ4n) is 1.23. The molecule has 0 rings (SSSR count). The fraction of sp³-hybridized carbons (Fsp3) is 0.636. The molecule has 4 nitrogen and oxygen atoms in total. The number of carbonyl (C=O) groups is 2. The van der Waals surface area contributed by atoms with Gasteiger partial charge in [-0.3, -0.25) is 9.59 Å². The van der Waals surface area contributed by atoms with E-state index < -0.39 is 23.8 Å². The van der Waals surface area contributed by atoms with E-state index in [0.29, 0.717) is 0 Å². The Balaban J connectivity index is 5.42. The van der Waals surface area contributed by atoms with E-state index >= 15 is 0 Å². The number of rotatable bonds is 6. The molecule has 0 saturated carbocycles. The van der Waals surface area contributed by atoms with Gasteiger partial charge in [0.25, 0.3) is 6.43 Å². The predicted octanol–water partition coefficient (Wildman–Crippen LogP) is 1.94. The van der Waals surface area contributed by atoms with E-state index in [1.54, 1.807) is 0 Å². The van der Waals surface area contributed by atoms with Crippen molar-refractivity contribution in [3.8, 4) is 0 Å². The summed E-state index contributed by atoms with van der Waals surface area (Å²) in [6, 6.07) is 0. The van der Waals surface area contributed by atoms with Crippen LogP contribution in [0.4, 0.5) is 8.78 Å². The van der Waals surface area contributed by atoms with Crippen molar-refractivity contribution < 1.29 is 27.8 Å². The number of esters is 2. The van der Waals surface area contributed by atoms with E-state index in [9.17, 15) is 18.4 Å². The van der Waals surface area contributed by atoms with Crippen molar-refractivity contribution in [2.45, 2.75) is 27.2 Å². The maximum Gasteiger partial charge on any atom is 0.333 e. The van der Waals surface area contributed by atoms with Gasteiger partial charge in [0.05, 0.1) is 13.2 Å². The Morgan fingerprint density at radius 2 is 1.59 bits per heavy atom. The van der Waals surface area contributed by atoms with Gasteiger partial charge in [-0.1, -0.05) is 12.2 Å². The topological polar surface area (TPSA) is 52.6 Å². The third kappa shape index (κ3) is 3.25. The Bertz CT molecular complexity index is 282. The van der Waals surface area contributed by atoms with E-state index in [1.165, 1.54) is 26.8 Å². The van der Waals surface area contributed by atoms with Gasteiger partial charge in [-0.05, 0) is 20.8 Å². The lowest BCUT2D eigenvalue weighted by Gasteiger charge is -2.24. The van der Waals surface area contributed by atoms with E-state index in [1.807, 2.05) is 0 Å². The fourth-order valence-corrected chi connectivity index (χ4v) is 1.23. The molecule has 0 aromatic carbocycles. The van der Waals surface area contributed by atoms with Gasteiger partial charge in [0.2, 0.25) is 5.41 Å². The van der Waals surface area contributed by atoms with E-state index in [-0.39, 0.29) is 13.2 Å². The van der Waals surface area contributed by atoms with Gasteiger partial charge in [0.1, 0.15) is 0 Å². The molecule has 0 bridgehead atoms. The molecular weight excluding hydrogens is 234 g/mol. The van der Waals surface area contributed by atoms with Crippen molar-refractivity contribution >= 4 is 11.9 Å². The summed E-state index contributed by atoms with van der Waals surface area (Å²) in [5, 5.41) is 0. The van der Waals surface area contributed by atoms with Crippen LogP contribution in [0.5, 0.6) is 0 Å². The quantitative estimate of drug-likeness (QED) is 0.410. The minimum atomic E-state index is -3.23. The molecule has 0 heterocycles. The molecule has 0 unspecified atom stereocenters. The molecule has 0 saturated heterocycles. The van der Waals surface area contributed by atoms with Crippen molar-refractivity contribution in [1.82, 2.24) is 0 Å². The molecule has 98 valence electrons. The van der Waals surface area contributed by atoms with Crippen LogP contribution < -0.4 is 0 Å². The van der Waals surface area contributed by atoms with Crippen LogP contribution in [0.25, 0.3) is 0 Å². The molecule has 0 aromatic heterocycles. The summed E-state index contributed by atoms with van der Waals surface area (Å²) in [6.07, 6.45) is -1.22. The Hall–Kier alpha value is -1.46. The first-order chi connectivity index (χ1) is 7.97. The van der Waals surface area contributed by atoms with Crippen LogP contribution in [0, 0.1) is 5.41 Å². The number of hydrogen-bond acceptors (Lipinski definition) is 4. The summed E-state index contributed by atoms with van der Waals surface area (Å²) in [5.41, 5.74) is -2.67. The van der Waals surface area contributed by atoms with Gasteiger partial charge in [0, 0.05) is 0 Å². The molecule has 0 aliphatic heterocycles. The molecule has 0 amide bonds. The number of hydrogen-bond donors (Lipinski definition) is 0. The second kappa shape index (κ2) is 6.98. The highest BCUT2D eigenvalue weighted by Crippen LogP contribution is 2.31. The minimum absolute atomic E-state index is 0.0930. The van der Waals surface area contributed by atoms with E-state index in [0.717, 1.165) is 6.08 Å². The zero-order chi connectivity index (χ0) is 13.5. The zero-order valence-electron chi connectivity index (χ0n) is 10.0. The third-order valence-corrected chi connectivity index (χ3v) is 2.00. The van der Waals surface area contributed by atoms with Crippen LogP contribution in [0.2, 0.25) is 0 Å². The van der Waals surface area contributed by atoms with Crippen molar-refractivity contribution in [2.75, 3.05) is 13.2 Å². The first-order valence-electron chi connectivity index (χ1n) is 5.23. The van der Waals surface area contributed by atoms with Crippen LogP contribution >= 0.6 is 0 Å². The molecule has 0 aromatic rings. The Morgan fingerprint density at radius 1 is 1.18 bits per heavy atom. The molecule has 0 fully saturated rings. The standard InChI is InChI=1S/C11H16F2O4/c1-4-7-11(8(12)13,9(14)16-5-2)10(15)17-6-3/h4,7-8H,5-6H2,1-3H3/b7-4+. The van der Waals surface area contributed by atoms with Crippen LogP contribution in [0.1, 0.15) is 20.8 Å². The van der Waals surface area contributed by atoms with Crippen LogP contribution in [0.3, 0.4) is 0 Å². The largest absolute Gasteiger partial charge is 0.465 e. The Labute approximate surface area is 98.6 Å². The minimum Gasteiger partial charge on any atom is -0.465 e.